The Morgan fingerprint density at radius 2 is 1.75 bits per heavy atom. The molecule has 318 valence electrons. The van der Waals surface area contributed by atoms with Gasteiger partial charge in [-0.15, -0.1) is 11.8 Å². The number of benzene rings is 3. The predicted molar refractivity (Wildman–Crippen MR) is 223 cm³/mol. The number of nitrogens with zero attached hydrogens (tertiary/aromatic N) is 2. The fraction of sp³-hybridized carbons (Fsp3) is 0.467. The van der Waals surface area contributed by atoms with Crippen molar-refractivity contribution >= 4 is 23.7 Å². The molecule has 15 heteroatoms. The summed E-state index contributed by atoms with van der Waals surface area (Å²) in [5, 5.41) is 15.8. The van der Waals surface area contributed by atoms with Crippen molar-refractivity contribution in [2.24, 2.45) is 0 Å². The number of esters is 2. The standard InChI is InChI=1S/C45H51N3O11S/c1-9-13-54-31-17-25-11-12-46-45(27(25)18-30(31)52-7)20-60-42-34-33(41-39(57-21-58-41)23(4)38(34)59-24(5)49)29(19-56-44(45)51)48-36(42)35-32-26(16-28(43(48)50)47(35)6)15-22(3)37(53-8)40(32)55-14-10-2/h9-10,15,17-18,28-29,35-36,42-43,46,50H,1-2,11-14,16,19-21H2,3-8H3/t28-,29-,35+,36?,42+,43-,45+/m0/s1. The zero-order valence-corrected chi connectivity index (χ0v) is 35.6. The molecule has 2 fully saturated rings. The first kappa shape index (κ1) is 40.5. The Morgan fingerprint density at radius 1 is 0.983 bits per heavy atom. The van der Waals surface area contributed by atoms with E-state index in [2.05, 4.69) is 34.3 Å². The normalized spacial score (nSPS) is 27.4. The van der Waals surface area contributed by atoms with E-state index in [1.807, 2.05) is 33.0 Å². The predicted octanol–water partition coefficient (Wildman–Crippen LogP) is 5.13. The van der Waals surface area contributed by atoms with Crippen molar-refractivity contribution in [3.05, 3.63) is 88.0 Å². The minimum Gasteiger partial charge on any atom is -0.493 e. The summed E-state index contributed by atoms with van der Waals surface area (Å²) in [6, 6.07) is 3.96. The summed E-state index contributed by atoms with van der Waals surface area (Å²) in [4.78, 5) is 32.4. The molecule has 7 aliphatic rings. The second kappa shape index (κ2) is 15.5. The van der Waals surface area contributed by atoms with Gasteiger partial charge >= 0.3 is 11.9 Å². The largest absolute Gasteiger partial charge is 0.493 e. The Hall–Kier alpha value is -4.93. The van der Waals surface area contributed by atoms with E-state index in [0.29, 0.717) is 70.8 Å². The van der Waals surface area contributed by atoms with E-state index < -0.39 is 41.0 Å². The van der Waals surface area contributed by atoms with Gasteiger partial charge in [-0.3, -0.25) is 19.9 Å². The highest BCUT2D eigenvalue weighted by Gasteiger charge is 2.61. The number of aryl methyl sites for hydroxylation is 1. The van der Waals surface area contributed by atoms with Crippen LogP contribution in [0.15, 0.2) is 43.5 Å². The Morgan fingerprint density at radius 3 is 2.48 bits per heavy atom. The zero-order valence-electron chi connectivity index (χ0n) is 34.8. The zero-order chi connectivity index (χ0) is 42.2. The van der Waals surface area contributed by atoms with Gasteiger partial charge in [0.15, 0.2) is 40.0 Å². The minimum atomic E-state index is -1.32. The van der Waals surface area contributed by atoms with Crippen LogP contribution in [0, 0.1) is 13.8 Å². The molecule has 1 spiro atoms. The SMILES string of the molecule is C=CCOc1cc2c(cc1OC)[C@@]1(CS[C@@H]3c4c(OC(C)=O)c(C)c5c(c4[C@H](COC1=O)N1C3[C@H]3c4c(cc(C)c(OC)c4OCC=C)C[C@@H]([C@@H]1O)N3C)OCO5)NCC2. The number of hydrogen-bond acceptors (Lipinski definition) is 15. The summed E-state index contributed by atoms with van der Waals surface area (Å²) in [6.07, 6.45) is 3.53. The molecule has 3 aromatic carbocycles. The van der Waals surface area contributed by atoms with Crippen molar-refractivity contribution in [3.63, 3.8) is 0 Å². The van der Waals surface area contributed by atoms with Gasteiger partial charge in [-0.1, -0.05) is 31.4 Å². The third-order valence-corrected chi connectivity index (χ3v) is 14.4. The molecule has 0 saturated carbocycles. The van der Waals surface area contributed by atoms with Crippen molar-refractivity contribution in [3.8, 4) is 40.2 Å². The molecule has 0 aliphatic carbocycles. The minimum absolute atomic E-state index is 0.0445. The number of likely N-dealkylation sites (N-methyl/N-ethyl adjacent to an activating group) is 1. The van der Waals surface area contributed by atoms with Crippen LogP contribution < -0.4 is 38.5 Å². The Bertz CT molecular complexity index is 2300. The third-order valence-electron chi connectivity index (χ3n) is 12.9. The van der Waals surface area contributed by atoms with Crippen molar-refractivity contribution in [2.45, 2.75) is 74.8 Å². The maximum absolute atomic E-state index is 15.0. The summed E-state index contributed by atoms with van der Waals surface area (Å²) in [6.45, 7) is 13.8. The Kier molecular flexibility index (Phi) is 10.5. The highest BCUT2D eigenvalue weighted by Crippen LogP contribution is 2.64. The van der Waals surface area contributed by atoms with Crippen molar-refractivity contribution in [1.29, 1.82) is 0 Å². The lowest BCUT2D eigenvalue weighted by Crippen LogP contribution is -2.70. The molecule has 4 bridgehead atoms. The summed E-state index contributed by atoms with van der Waals surface area (Å²) in [5.74, 6) is 2.82. The average Bonchev–Trinajstić information content (AvgIpc) is 3.73. The number of fused-ring (bicyclic) bond motifs is 9. The number of carbonyl (C=O) groups excluding carboxylic acids is 2. The number of carbonyl (C=O) groups is 2. The van der Waals surface area contributed by atoms with Crippen LogP contribution in [0.25, 0.3) is 0 Å². The number of nitrogens with one attached hydrogen (secondary N) is 1. The molecule has 60 heavy (non-hydrogen) atoms. The maximum Gasteiger partial charge on any atom is 0.331 e. The topological polar surface area (TPSA) is 147 Å². The summed E-state index contributed by atoms with van der Waals surface area (Å²) in [7, 11) is 5.25. The lowest BCUT2D eigenvalue weighted by atomic mass is 9.73. The number of aliphatic hydroxyl groups excluding tert-OH is 1. The molecule has 0 amide bonds. The van der Waals surface area contributed by atoms with Crippen LogP contribution in [0.4, 0.5) is 0 Å². The van der Waals surface area contributed by atoms with E-state index in [0.717, 1.165) is 33.4 Å². The maximum atomic E-state index is 15.0. The van der Waals surface area contributed by atoms with E-state index in [9.17, 15) is 14.7 Å². The summed E-state index contributed by atoms with van der Waals surface area (Å²) in [5.41, 5.74) is 5.27. The third kappa shape index (κ3) is 5.98. The van der Waals surface area contributed by atoms with Crippen LogP contribution in [0.2, 0.25) is 0 Å². The van der Waals surface area contributed by atoms with E-state index in [4.69, 9.17) is 37.9 Å². The van der Waals surface area contributed by atoms with Gasteiger partial charge in [-0.2, -0.15) is 0 Å². The van der Waals surface area contributed by atoms with Gasteiger partial charge in [0.1, 0.15) is 31.8 Å². The molecule has 0 aromatic heterocycles. The molecule has 14 nitrogen and oxygen atoms in total. The van der Waals surface area contributed by atoms with Gasteiger partial charge in [-0.25, -0.2) is 4.79 Å². The Balaban J connectivity index is 1.30. The van der Waals surface area contributed by atoms with Crippen LogP contribution >= 0.6 is 11.8 Å². The number of aliphatic hydroxyl groups is 1. The molecule has 3 aromatic rings. The van der Waals surface area contributed by atoms with Gasteiger partial charge in [0, 0.05) is 47.5 Å². The summed E-state index contributed by atoms with van der Waals surface area (Å²) >= 11 is 1.54. The number of methoxy groups -OCH3 is 2. The van der Waals surface area contributed by atoms with Crippen molar-refractivity contribution in [2.75, 3.05) is 60.2 Å². The molecular weight excluding hydrogens is 791 g/mol. The van der Waals surface area contributed by atoms with E-state index in [1.165, 1.54) is 6.92 Å². The first-order valence-electron chi connectivity index (χ1n) is 20.2. The summed E-state index contributed by atoms with van der Waals surface area (Å²) < 4.78 is 49.5. The van der Waals surface area contributed by atoms with Crippen LogP contribution in [-0.2, 0) is 32.7 Å². The molecular formula is C45H51N3O11S. The quantitative estimate of drug-likeness (QED) is 0.167. The molecule has 2 saturated heterocycles. The van der Waals surface area contributed by atoms with Crippen LogP contribution in [0.3, 0.4) is 0 Å². The molecule has 7 atom stereocenters. The highest BCUT2D eigenvalue weighted by molar-refractivity contribution is 7.99. The number of rotatable bonds is 9. The van der Waals surface area contributed by atoms with Crippen LogP contribution in [-0.4, -0.2) is 105 Å². The van der Waals surface area contributed by atoms with Gasteiger partial charge < -0.3 is 43.0 Å². The lowest BCUT2D eigenvalue weighted by Gasteiger charge is -2.62. The second-order valence-corrected chi connectivity index (χ2v) is 17.2. The van der Waals surface area contributed by atoms with Crippen LogP contribution in [0.5, 0.6) is 40.2 Å². The number of piperazine rings is 1. The van der Waals surface area contributed by atoms with Crippen LogP contribution in [0.1, 0.15) is 68.8 Å². The fourth-order valence-electron chi connectivity index (χ4n) is 10.5. The molecule has 2 N–H and O–H groups in total. The molecule has 10 rings (SSSR count). The van der Waals surface area contributed by atoms with Gasteiger partial charge in [0.05, 0.1) is 37.6 Å². The van der Waals surface area contributed by atoms with E-state index in [-0.39, 0.29) is 44.5 Å². The Labute approximate surface area is 353 Å². The molecule has 0 radical (unpaired) electrons. The lowest BCUT2D eigenvalue weighted by molar-refractivity contribution is -0.186. The van der Waals surface area contributed by atoms with Crippen molar-refractivity contribution in [1.82, 2.24) is 15.1 Å². The first-order valence-corrected chi connectivity index (χ1v) is 21.3. The van der Waals surface area contributed by atoms with Gasteiger partial charge in [0.2, 0.25) is 6.79 Å². The average molecular weight is 842 g/mol. The second-order valence-electron chi connectivity index (χ2n) is 16.1. The molecule has 7 aliphatic heterocycles. The first-order chi connectivity index (χ1) is 29.0. The highest BCUT2D eigenvalue weighted by atomic mass is 32.2. The van der Waals surface area contributed by atoms with Gasteiger partial charge in [-0.05, 0) is 68.1 Å². The molecule has 1 unspecified atom stereocenters. The van der Waals surface area contributed by atoms with Gasteiger partial charge in [0.25, 0.3) is 0 Å². The number of thioether (sulfide) groups is 1. The fourth-order valence-corrected chi connectivity index (χ4v) is 12.2. The smallest absolute Gasteiger partial charge is 0.331 e. The molecule has 7 heterocycles. The van der Waals surface area contributed by atoms with Crippen molar-refractivity contribution < 1.29 is 52.6 Å². The number of ether oxygens (including phenoxy) is 8. The monoisotopic (exact) mass is 841 g/mol. The number of hydrogen-bond donors (Lipinski definition) is 2. The van der Waals surface area contributed by atoms with E-state index >= 15 is 0 Å². The van der Waals surface area contributed by atoms with E-state index in [1.54, 1.807) is 38.1 Å².